The zero-order valence-electron chi connectivity index (χ0n) is 12.1. The van der Waals surface area contributed by atoms with E-state index in [0.717, 1.165) is 30.8 Å². The van der Waals surface area contributed by atoms with E-state index in [1.165, 1.54) is 0 Å². The van der Waals surface area contributed by atoms with Gasteiger partial charge in [-0.1, -0.05) is 12.1 Å². The lowest BCUT2D eigenvalue weighted by Crippen LogP contribution is -2.28. The summed E-state index contributed by atoms with van der Waals surface area (Å²) >= 11 is 0. The molecular formula is C15H24N2O2. The van der Waals surface area contributed by atoms with Gasteiger partial charge in [0, 0.05) is 6.54 Å². The van der Waals surface area contributed by atoms with Crippen molar-refractivity contribution in [1.29, 1.82) is 0 Å². The summed E-state index contributed by atoms with van der Waals surface area (Å²) in [6.07, 6.45) is 1.37. The number of ether oxygens (including phenoxy) is 1. The van der Waals surface area contributed by atoms with E-state index >= 15 is 0 Å². The van der Waals surface area contributed by atoms with Crippen LogP contribution in [-0.4, -0.2) is 44.6 Å². The Bertz CT molecular complexity index is 391. The van der Waals surface area contributed by atoms with Gasteiger partial charge in [0.15, 0.2) is 0 Å². The zero-order valence-corrected chi connectivity index (χ0v) is 12.1. The minimum absolute atomic E-state index is 0.0476. The minimum Gasteiger partial charge on any atom is -0.493 e. The van der Waals surface area contributed by atoms with Crippen molar-refractivity contribution in [3.05, 3.63) is 29.8 Å². The number of hydrogen-bond acceptors (Lipinski definition) is 3. The summed E-state index contributed by atoms with van der Waals surface area (Å²) in [6.45, 7) is 4.15. The summed E-state index contributed by atoms with van der Waals surface area (Å²) in [6, 6.07) is 7.84. The fraction of sp³-hybridized carbons (Fsp3) is 0.533. The fourth-order valence-corrected chi connectivity index (χ4v) is 1.68. The first kappa shape index (κ1) is 15.5. The highest BCUT2D eigenvalue weighted by molar-refractivity contribution is 5.75. The first-order chi connectivity index (χ1) is 9.08. The van der Waals surface area contributed by atoms with Crippen LogP contribution in [0.3, 0.4) is 0 Å². The molecule has 0 radical (unpaired) electrons. The number of benzene rings is 1. The molecule has 0 fully saturated rings. The third kappa shape index (κ3) is 7.47. The molecule has 1 N–H and O–H groups in total. The summed E-state index contributed by atoms with van der Waals surface area (Å²) in [5.41, 5.74) is 1.16. The first-order valence-electron chi connectivity index (χ1n) is 6.69. The third-order valence-corrected chi connectivity index (χ3v) is 2.69. The molecular weight excluding hydrogens is 240 g/mol. The minimum atomic E-state index is 0.0476. The van der Waals surface area contributed by atoms with E-state index in [1.807, 2.05) is 45.3 Å². The second-order valence-corrected chi connectivity index (χ2v) is 4.92. The van der Waals surface area contributed by atoms with E-state index in [4.69, 9.17) is 4.74 Å². The van der Waals surface area contributed by atoms with Gasteiger partial charge in [-0.05, 0) is 51.7 Å². The molecule has 1 rings (SSSR count). The highest BCUT2D eigenvalue weighted by Gasteiger charge is 2.01. The average Bonchev–Trinajstić information content (AvgIpc) is 2.34. The Morgan fingerprint density at radius 1 is 1.37 bits per heavy atom. The molecule has 0 spiro atoms. The van der Waals surface area contributed by atoms with E-state index in [2.05, 4.69) is 10.2 Å². The summed E-state index contributed by atoms with van der Waals surface area (Å²) in [5, 5.41) is 2.89. The van der Waals surface area contributed by atoms with Crippen LogP contribution in [0.5, 0.6) is 5.75 Å². The van der Waals surface area contributed by atoms with Gasteiger partial charge in [0.2, 0.25) is 5.91 Å². The standard InChI is InChI=1S/C15H24N2O2/c1-13-6-4-7-14(12-13)19-11-8-15(18)16-9-5-10-17(2)3/h4,6-7,12H,5,8-11H2,1-3H3,(H,16,18). The second kappa shape index (κ2) is 8.53. The van der Waals surface area contributed by atoms with E-state index in [9.17, 15) is 4.79 Å². The van der Waals surface area contributed by atoms with Gasteiger partial charge in [0.25, 0.3) is 0 Å². The SMILES string of the molecule is Cc1cccc(OCCC(=O)NCCCN(C)C)c1. The maximum absolute atomic E-state index is 11.5. The predicted molar refractivity (Wildman–Crippen MR) is 77.5 cm³/mol. The number of hydrogen-bond donors (Lipinski definition) is 1. The summed E-state index contributed by atoms with van der Waals surface area (Å²) < 4.78 is 5.53. The summed E-state index contributed by atoms with van der Waals surface area (Å²) in [5.74, 6) is 0.867. The molecule has 0 unspecified atom stereocenters. The van der Waals surface area contributed by atoms with Crippen LogP contribution in [-0.2, 0) is 4.79 Å². The monoisotopic (exact) mass is 264 g/mol. The van der Waals surface area contributed by atoms with Gasteiger partial charge in [-0.25, -0.2) is 0 Å². The molecule has 0 saturated heterocycles. The first-order valence-corrected chi connectivity index (χ1v) is 6.69. The average molecular weight is 264 g/mol. The van der Waals surface area contributed by atoms with Crippen LogP contribution in [0.1, 0.15) is 18.4 Å². The number of amides is 1. The molecule has 0 heterocycles. The second-order valence-electron chi connectivity index (χ2n) is 4.92. The molecule has 0 aliphatic carbocycles. The molecule has 0 aliphatic heterocycles. The molecule has 1 aromatic carbocycles. The fourth-order valence-electron chi connectivity index (χ4n) is 1.68. The van der Waals surface area contributed by atoms with Crippen molar-refractivity contribution < 1.29 is 9.53 Å². The molecule has 4 nitrogen and oxygen atoms in total. The number of aryl methyl sites for hydroxylation is 1. The predicted octanol–water partition coefficient (Wildman–Crippen LogP) is 1.83. The van der Waals surface area contributed by atoms with Crippen LogP contribution in [0.25, 0.3) is 0 Å². The van der Waals surface area contributed by atoms with Crippen molar-refractivity contribution in [2.24, 2.45) is 0 Å². The van der Waals surface area contributed by atoms with Crippen LogP contribution in [0, 0.1) is 6.92 Å². The highest BCUT2D eigenvalue weighted by Crippen LogP contribution is 2.12. The largest absolute Gasteiger partial charge is 0.493 e. The maximum atomic E-state index is 11.5. The summed E-state index contributed by atoms with van der Waals surface area (Å²) in [4.78, 5) is 13.6. The van der Waals surface area contributed by atoms with Gasteiger partial charge < -0.3 is 15.0 Å². The van der Waals surface area contributed by atoms with Crippen LogP contribution in [0.4, 0.5) is 0 Å². The molecule has 0 saturated carbocycles. The Morgan fingerprint density at radius 3 is 2.84 bits per heavy atom. The van der Waals surface area contributed by atoms with Gasteiger partial charge in [0.1, 0.15) is 5.75 Å². The molecule has 0 aromatic heterocycles. The van der Waals surface area contributed by atoms with Crippen molar-refractivity contribution in [2.45, 2.75) is 19.8 Å². The lowest BCUT2D eigenvalue weighted by molar-refractivity contribution is -0.121. The van der Waals surface area contributed by atoms with Crippen LogP contribution >= 0.6 is 0 Å². The smallest absolute Gasteiger partial charge is 0.223 e. The molecule has 4 heteroatoms. The highest BCUT2D eigenvalue weighted by atomic mass is 16.5. The molecule has 0 bridgehead atoms. The van der Waals surface area contributed by atoms with Crippen LogP contribution in [0.15, 0.2) is 24.3 Å². The quantitative estimate of drug-likeness (QED) is 0.728. The molecule has 106 valence electrons. The number of nitrogens with one attached hydrogen (secondary N) is 1. The Kier molecular flexibility index (Phi) is 6.97. The van der Waals surface area contributed by atoms with Crippen molar-refractivity contribution in [3.8, 4) is 5.75 Å². The Balaban J connectivity index is 2.10. The Morgan fingerprint density at radius 2 is 2.16 bits per heavy atom. The van der Waals surface area contributed by atoms with Gasteiger partial charge >= 0.3 is 0 Å². The zero-order chi connectivity index (χ0) is 14.1. The number of carbonyl (C=O) groups excluding carboxylic acids is 1. The molecule has 0 atom stereocenters. The number of nitrogens with zero attached hydrogens (tertiary/aromatic N) is 1. The van der Waals surface area contributed by atoms with Crippen molar-refractivity contribution >= 4 is 5.91 Å². The molecule has 0 aliphatic rings. The van der Waals surface area contributed by atoms with Crippen LogP contribution in [0.2, 0.25) is 0 Å². The molecule has 1 aromatic rings. The van der Waals surface area contributed by atoms with Crippen LogP contribution < -0.4 is 10.1 Å². The van der Waals surface area contributed by atoms with E-state index in [-0.39, 0.29) is 5.91 Å². The van der Waals surface area contributed by atoms with Crippen molar-refractivity contribution in [3.63, 3.8) is 0 Å². The Hall–Kier alpha value is -1.55. The molecule has 19 heavy (non-hydrogen) atoms. The van der Waals surface area contributed by atoms with E-state index in [0.29, 0.717) is 13.0 Å². The van der Waals surface area contributed by atoms with Gasteiger partial charge in [-0.3, -0.25) is 4.79 Å². The maximum Gasteiger partial charge on any atom is 0.223 e. The summed E-state index contributed by atoms with van der Waals surface area (Å²) in [7, 11) is 4.05. The lowest BCUT2D eigenvalue weighted by atomic mass is 10.2. The topological polar surface area (TPSA) is 41.6 Å². The van der Waals surface area contributed by atoms with E-state index in [1.54, 1.807) is 0 Å². The van der Waals surface area contributed by atoms with Crippen molar-refractivity contribution in [1.82, 2.24) is 10.2 Å². The number of carbonyl (C=O) groups is 1. The van der Waals surface area contributed by atoms with Gasteiger partial charge in [0.05, 0.1) is 13.0 Å². The van der Waals surface area contributed by atoms with Crippen molar-refractivity contribution in [2.75, 3.05) is 33.8 Å². The van der Waals surface area contributed by atoms with Gasteiger partial charge in [-0.2, -0.15) is 0 Å². The Labute approximate surface area is 115 Å². The number of rotatable bonds is 8. The van der Waals surface area contributed by atoms with E-state index < -0.39 is 0 Å². The third-order valence-electron chi connectivity index (χ3n) is 2.69. The lowest BCUT2D eigenvalue weighted by Gasteiger charge is -2.10. The molecule has 1 amide bonds. The van der Waals surface area contributed by atoms with Gasteiger partial charge in [-0.15, -0.1) is 0 Å². The normalized spacial score (nSPS) is 10.5.